The summed E-state index contributed by atoms with van der Waals surface area (Å²) in [5, 5.41) is 6.25. The largest absolute Gasteiger partial charge is 0.489 e. The van der Waals surface area contributed by atoms with Gasteiger partial charge in [-0.15, -0.1) is 0 Å². The van der Waals surface area contributed by atoms with Crippen molar-refractivity contribution in [3.63, 3.8) is 0 Å². The van der Waals surface area contributed by atoms with E-state index in [0.717, 1.165) is 0 Å². The Kier molecular flexibility index (Phi) is 5.01. The average Bonchev–Trinajstić information content (AvgIpc) is 3.19. The van der Waals surface area contributed by atoms with Crippen LogP contribution in [0.4, 0.5) is 0 Å². The molecule has 1 N–H and O–H groups in total. The fraction of sp³-hybridized carbons (Fsp3) is 0.412. The zero-order valence-electron chi connectivity index (χ0n) is 14.8. The normalized spacial score (nSPS) is 20.9. The molecule has 0 aliphatic carbocycles. The molecule has 0 radical (unpaired) electrons. The van der Waals surface area contributed by atoms with Crippen molar-refractivity contribution in [3.8, 4) is 5.75 Å². The fourth-order valence-corrected chi connectivity index (χ4v) is 5.10. The number of amides is 1. The summed E-state index contributed by atoms with van der Waals surface area (Å²) in [4.78, 5) is 12.3. The summed E-state index contributed by atoms with van der Waals surface area (Å²) in [6.45, 7) is 3.17. The second-order valence-corrected chi connectivity index (χ2v) is 7.97. The lowest BCUT2D eigenvalue weighted by Gasteiger charge is -2.22. The maximum atomic E-state index is 13.2. The van der Waals surface area contributed by atoms with E-state index in [0.29, 0.717) is 5.75 Å². The van der Waals surface area contributed by atoms with Crippen molar-refractivity contribution in [2.75, 3.05) is 13.6 Å². The molecule has 2 atom stereocenters. The van der Waals surface area contributed by atoms with Gasteiger partial charge in [-0.2, -0.15) is 4.31 Å². The Balaban J connectivity index is 1.92. The van der Waals surface area contributed by atoms with Crippen LogP contribution in [0.5, 0.6) is 5.75 Å². The Bertz CT molecular complexity index is 875. The molecule has 8 nitrogen and oxygen atoms in total. The minimum Gasteiger partial charge on any atom is -0.489 e. The van der Waals surface area contributed by atoms with Crippen molar-refractivity contribution < 1.29 is 22.5 Å². The number of benzene rings is 1. The first-order valence-electron chi connectivity index (χ1n) is 8.22. The number of aromatic nitrogens is 1. The third-order valence-electron chi connectivity index (χ3n) is 4.35. The summed E-state index contributed by atoms with van der Waals surface area (Å²) in [6.07, 6.45) is -0.174. The lowest BCUT2D eigenvalue weighted by Crippen LogP contribution is -2.45. The predicted molar refractivity (Wildman–Crippen MR) is 93.2 cm³/mol. The van der Waals surface area contributed by atoms with Crippen LogP contribution in [0.15, 0.2) is 39.8 Å². The maximum absolute atomic E-state index is 13.2. The summed E-state index contributed by atoms with van der Waals surface area (Å²) >= 11 is 0. The standard InChI is InChI=1S/C17H21N3O5S/c1-11-16(12(2)25-19-11)26(22,23)20-10-14(9-15(20)17(21)18-3)24-13-7-5-4-6-8-13/h4-8,14-15H,9-10H2,1-3H3,(H,18,21)/t14-,15-/m0/s1. The number of nitrogens with zero attached hydrogens (tertiary/aromatic N) is 2. The number of hydrogen-bond donors (Lipinski definition) is 1. The van der Waals surface area contributed by atoms with Crippen LogP contribution in [0.25, 0.3) is 0 Å². The highest BCUT2D eigenvalue weighted by atomic mass is 32.2. The SMILES string of the molecule is CNC(=O)[C@@H]1C[C@H](Oc2ccccc2)CN1S(=O)(=O)c1c(C)noc1C. The molecular formula is C17H21N3O5S. The molecule has 0 unspecified atom stereocenters. The van der Waals surface area contributed by atoms with E-state index in [-0.39, 0.29) is 35.2 Å². The minimum atomic E-state index is -3.95. The Labute approximate surface area is 152 Å². The number of para-hydroxylation sites is 1. The highest BCUT2D eigenvalue weighted by Gasteiger charge is 2.46. The second-order valence-electron chi connectivity index (χ2n) is 6.15. The van der Waals surface area contributed by atoms with Crippen molar-refractivity contribution in [1.82, 2.24) is 14.8 Å². The molecule has 2 aromatic rings. The van der Waals surface area contributed by atoms with Crippen molar-refractivity contribution >= 4 is 15.9 Å². The van der Waals surface area contributed by atoms with Gasteiger partial charge in [0.25, 0.3) is 0 Å². The molecule has 1 aliphatic rings. The van der Waals surface area contributed by atoms with Gasteiger partial charge in [-0.25, -0.2) is 8.42 Å². The van der Waals surface area contributed by atoms with Crippen molar-refractivity contribution in [1.29, 1.82) is 0 Å². The quantitative estimate of drug-likeness (QED) is 0.839. The number of likely N-dealkylation sites (N-methyl/N-ethyl adjacent to an activating group) is 1. The summed E-state index contributed by atoms with van der Waals surface area (Å²) < 4.78 is 38.4. The van der Waals surface area contributed by atoms with Crippen molar-refractivity contribution in [3.05, 3.63) is 41.8 Å². The average molecular weight is 379 g/mol. The highest BCUT2D eigenvalue weighted by Crippen LogP contribution is 2.31. The molecule has 1 fully saturated rings. The predicted octanol–water partition coefficient (Wildman–Crippen LogP) is 1.25. The maximum Gasteiger partial charge on any atom is 0.249 e. The van der Waals surface area contributed by atoms with Crippen molar-refractivity contribution in [2.45, 2.75) is 37.3 Å². The third-order valence-corrected chi connectivity index (χ3v) is 6.47. The molecule has 0 spiro atoms. The van der Waals surface area contributed by atoms with Crippen LogP contribution in [0.1, 0.15) is 17.9 Å². The van der Waals surface area contributed by atoms with Gasteiger partial charge in [0.05, 0.1) is 6.54 Å². The number of carbonyl (C=O) groups is 1. The summed E-state index contributed by atoms with van der Waals surface area (Å²) in [6, 6.07) is 8.26. The highest BCUT2D eigenvalue weighted by molar-refractivity contribution is 7.89. The fourth-order valence-electron chi connectivity index (χ4n) is 3.18. The molecule has 1 amide bonds. The van der Waals surface area contributed by atoms with E-state index in [1.807, 2.05) is 18.2 Å². The summed E-state index contributed by atoms with van der Waals surface area (Å²) in [5.41, 5.74) is 0.269. The van der Waals surface area contributed by atoms with Gasteiger partial charge in [0.1, 0.15) is 28.5 Å². The van der Waals surface area contributed by atoms with Gasteiger partial charge in [-0.1, -0.05) is 23.4 Å². The van der Waals surface area contributed by atoms with Crippen LogP contribution in [-0.4, -0.2) is 49.5 Å². The number of nitrogens with one attached hydrogen (secondary N) is 1. The van der Waals surface area contributed by atoms with Gasteiger partial charge in [0.2, 0.25) is 15.9 Å². The molecule has 2 heterocycles. The van der Waals surface area contributed by atoms with Crippen LogP contribution in [0.2, 0.25) is 0 Å². The monoisotopic (exact) mass is 379 g/mol. The Morgan fingerprint density at radius 3 is 2.58 bits per heavy atom. The molecule has 1 aliphatic heterocycles. The molecule has 1 saturated heterocycles. The van der Waals surface area contributed by atoms with Gasteiger partial charge in [0, 0.05) is 13.5 Å². The Morgan fingerprint density at radius 2 is 2.00 bits per heavy atom. The van der Waals surface area contributed by atoms with Crippen LogP contribution in [0.3, 0.4) is 0 Å². The van der Waals surface area contributed by atoms with Crippen LogP contribution in [0, 0.1) is 13.8 Å². The zero-order chi connectivity index (χ0) is 18.9. The number of aryl methyl sites for hydroxylation is 2. The van der Waals surface area contributed by atoms with E-state index >= 15 is 0 Å². The van der Waals surface area contributed by atoms with Gasteiger partial charge >= 0.3 is 0 Å². The Hall–Kier alpha value is -2.39. The van der Waals surface area contributed by atoms with E-state index in [1.54, 1.807) is 19.1 Å². The topological polar surface area (TPSA) is 102 Å². The zero-order valence-corrected chi connectivity index (χ0v) is 15.6. The first kappa shape index (κ1) is 18.4. The van der Waals surface area contributed by atoms with Crippen LogP contribution < -0.4 is 10.1 Å². The summed E-state index contributed by atoms with van der Waals surface area (Å²) in [7, 11) is -2.47. The molecule has 26 heavy (non-hydrogen) atoms. The van der Waals surface area contributed by atoms with Gasteiger partial charge < -0.3 is 14.6 Å². The number of ether oxygens (including phenoxy) is 1. The number of rotatable bonds is 5. The molecule has 3 rings (SSSR count). The van der Waals surface area contributed by atoms with E-state index in [2.05, 4.69) is 10.5 Å². The number of hydrogen-bond acceptors (Lipinski definition) is 6. The molecule has 0 bridgehead atoms. The van der Waals surface area contributed by atoms with Crippen molar-refractivity contribution in [2.24, 2.45) is 0 Å². The second kappa shape index (κ2) is 7.08. The first-order chi connectivity index (χ1) is 12.3. The summed E-state index contributed by atoms with van der Waals surface area (Å²) in [5.74, 6) is 0.454. The molecule has 1 aromatic heterocycles. The first-order valence-corrected chi connectivity index (χ1v) is 9.66. The number of sulfonamides is 1. The number of carbonyl (C=O) groups excluding carboxylic acids is 1. The minimum absolute atomic E-state index is 0.00626. The van der Waals surface area contributed by atoms with E-state index in [1.165, 1.54) is 18.3 Å². The molecule has 0 saturated carbocycles. The van der Waals surface area contributed by atoms with Gasteiger partial charge in [-0.3, -0.25) is 4.79 Å². The molecular weight excluding hydrogens is 358 g/mol. The van der Waals surface area contributed by atoms with E-state index < -0.39 is 22.2 Å². The molecule has 140 valence electrons. The van der Waals surface area contributed by atoms with E-state index in [4.69, 9.17) is 9.26 Å². The third kappa shape index (κ3) is 3.32. The van der Waals surface area contributed by atoms with Gasteiger partial charge in [0.15, 0.2) is 5.76 Å². The lowest BCUT2D eigenvalue weighted by molar-refractivity contribution is -0.123. The molecule has 9 heteroatoms. The lowest BCUT2D eigenvalue weighted by atomic mass is 10.2. The Morgan fingerprint density at radius 1 is 1.31 bits per heavy atom. The molecule has 1 aromatic carbocycles. The van der Waals surface area contributed by atoms with Gasteiger partial charge in [-0.05, 0) is 26.0 Å². The van der Waals surface area contributed by atoms with Crippen LogP contribution >= 0.6 is 0 Å². The van der Waals surface area contributed by atoms with E-state index in [9.17, 15) is 13.2 Å². The smallest absolute Gasteiger partial charge is 0.249 e. The van der Waals surface area contributed by atoms with Crippen LogP contribution in [-0.2, 0) is 14.8 Å².